The Morgan fingerprint density at radius 1 is 1.24 bits per heavy atom. The first-order valence-corrected chi connectivity index (χ1v) is 6.21. The summed E-state index contributed by atoms with van der Waals surface area (Å²) < 4.78 is 0. The summed E-state index contributed by atoms with van der Waals surface area (Å²) in [6.07, 6.45) is 0.434. The van der Waals surface area contributed by atoms with Crippen molar-refractivity contribution in [3.63, 3.8) is 0 Å². The third-order valence-electron chi connectivity index (χ3n) is 2.72. The zero-order valence-corrected chi connectivity index (χ0v) is 11.3. The number of nitrogens with one attached hydrogen (secondary N) is 1. The molecule has 0 saturated carbocycles. The number of H-pyrrole nitrogens is 1. The summed E-state index contributed by atoms with van der Waals surface area (Å²) in [4.78, 5) is 29.1. The zero-order valence-electron chi connectivity index (χ0n) is 11.3. The number of rotatable bonds is 4. The van der Waals surface area contributed by atoms with Gasteiger partial charge in [-0.3, -0.25) is 14.6 Å². The first kappa shape index (κ1) is 14.4. The minimum Gasteiger partial charge on any atom is -0.382 e. The number of hydrogen-bond acceptors (Lipinski definition) is 7. The van der Waals surface area contributed by atoms with Crippen LogP contribution >= 0.6 is 0 Å². The molecule has 8 nitrogen and oxygen atoms in total. The van der Waals surface area contributed by atoms with E-state index in [1.807, 2.05) is 0 Å². The Balaban J connectivity index is 2.26. The number of azo groups is 1. The zero-order chi connectivity index (χ0) is 15.4. The lowest BCUT2D eigenvalue weighted by Crippen LogP contribution is -2.12. The third kappa shape index (κ3) is 3.30. The van der Waals surface area contributed by atoms with Crippen LogP contribution in [-0.4, -0.2) is 15.8 Å². The maximum absolute atomic E-state index is 11.6. The number of Topliss-reactive ketones (excluding diaryl/α,β-unsaturated/α-hetero) is 1. The van der Waals surface area contributed by atoms with Crippen molar-refractivity contribution in [2.45, 2.75) is 13.3 Å². The fourth-order valence-electron chi connectivity index (χ4n) is 1.62. The Bertz CT molecular complexity index is 748. The van der Waals surface area contributed by atoms with Gasteiger partial charge in [-0.25, -0.2) is 0 Å². The average molecular weight is 286 g/mol. The first-order chi connectivity index (χ1) is 10.0. The van der Waals surface area contributed by atoms with Gasteiger partial charge in [-0.2, -0.15) is 10.1 Å². The molecule has 5 N–H and O–H groups in total. The van der Waals surface area contributed by atoms with Gasteiger partial charge in [0, 0.05) is 12.0 Å². The molecule has 1 aromatic carbocycles. The molecule has 0 amide bonds. The second-order valence-corrected chi connectivity index (χ2v) is 4.21. The quantitative estimate of drug-likeness (QED) is 0.582. The molecule has 0 radical (unpaired) electrons. The molecule has 21 heavy (non-hydrogen) atoms. The van der Waals surface area contributed by atoms with Crippen LogP contribution in [0.1, 0.15) is 23.7 Å². The molecule has 1 aromatic heterocycles. The highest BCUT2D eigenvalue weighted by atomic mass is 16.1. The number of carbonyl (C=O) groups excluding carboxylic acids is 1. The number of nitrogen functional groups attached to an aromatic ring is 2. The predicted molar refractivity (Wildman–Crippen MR) is 78.9 cm³/mol. The van der Waals surface area contributed by atoms with Crippen LogP contribution in [0, 0.1) is 0 Å². The molecule has 2 rings (SSSR count). The van der Waals surface area contributed by atoms with E-state index in [1.165, 1.54) is 0 Å². The van der Waals surface area contributed by atoms with Crippen molar-refractivity contribution in [2.75, 3.05) is 11.5 Å². The second kappa shape index (κ2) is 5.95. The number of hydrogen-bond donors (Lipinski definition) is 3. The summed E-state index contributed by atoms with van der Waals surface area (Å²) in [5, 5.41) is 7.65. The second-order valence-electron chi connectivity index (χ2n) is 4.21. The summed E-state index contributed by atoms with van der Waals surface area (Å²) in [6.45, 7) is 1.79. The monoisotopic (exact) mass is 286 g/mol. The third-order valence-corrected chi connectivity index (χ3v) is 2.72. The largest absolute Gasteiger partial charge is 0.382 e. The lowest BCUT2D eigenvalue weighted by atomic mass is 10.1. The number of aromatic nitrogens is 2. The molecule has 0 atom stereocenters. The SMILES string of the molecule is CCC(=O)c1ccc(N=Nc2c(N)nc(N)[nH]c2=O)cc1. The Labute approximate surface area is 119 Å². The van der Waals surface area contributed by atoms with E-state index in [-0.39, 0.29) is 23.2 Å². The summed E-state index contributed by atoms with van der Waals surface area (Å²) >= 11 is 0. The highest BCUT2D eigenvalue weighted by Gasteiger charge is 2.07. The predicted octanol–water partition coefficient (Wildman–Crippen LogP) is 1.94. The van der Waals surface area contributed by atoms with E-state index < -0.39 is 5.56 Å². The molecule has 108 valence electrons. The first-order valence-electron chi connectivity index (χ1n) is 6.21. The van der Waals surface area contributed by atoms with Gasteiger partial charge < -0.3 is 11.5 Å². The van der Waals surface area contributed by atoms with Gasteiger partial charge in [0.15, 0.2) is 17.3 Å². The average Bonchev–Trinajstić information content (AvgIpc) is 2.46. The molecular formula is C13H14N6O2. The van der Waals surface area contributed by atoms with Gasteiger partial charge in [0.05, 0.1) is 5.69 Å². The maximum atomic E-state index is 11.6. The van der Waals surface area contributed by atoms with Crippen LogP contribution in [0.25, 0.3) is 0 Å². The summed E-state index contributed by atoms with van der Waals surface area (Å²) in [5.41, 5.74) is 11.3. The Kier molecular flexibility index (Phi) is 4.07. The normalized spacial score (nSPS) is 10.9. The molecule has 0 saturated heterocycles. The Morgan fingerprint density at radius 3 is 2.48 bits per heavy atom. The van der Waals surface area contributed by atoms with Crippen molar-refractivity contribution in [1.29, 1.82) is 0 Å². The number of aromatic amines is 1. The number of ketones is 1. The summed E-state index contributed by atoms with van der Waals surface area (Å²) in [5.74, 6) is -0.140. The van der Waals surface area contributed by atoms with E-state index in [1.54, 1.807) is 31.2 Å². The van der Waals surface area contributed by atoms with Gasteiger partial charge in [-0.05, 0) is 24.3 Å². The van der Waals surface area contributed by atoms with E-state index in [4.69, 9.17) is 11.5 Å². The minimum atomic E-state index is -0.568. The molecular weight excluding hydrogens is 272 g/mol. The number of carbonyl (C=O) groups is 1. The number of nitrogens with two attached hydrogens (primary N) is 2. The number of anilines is 2. The van der Waals surface area contributed by atoms with Gasteiger partial charge in [0.2, 0.25) is 5.95 Å². The van der Waals surface area contributed by atoms with Crippen LogP contribution in [0.4, 0.5) is 23.1 Å². The van der Waals surface area contributed by atoms with Gasteiger partial charge >= 0.3 is 0 Å². The van der Waals surface area contributed by atoms with E-state index in [0.29, 0.717) is 17.7 Å². The van der Waals surface area contributed by atoms with Crippen LogP contribution in [0.15, 0.2) is 39.3 Å². The Hall–Kier alpha value is -3.03. The molecule has 0 unspecified atom stereocenters. The molecule has 8 heteroatoms. The maximum Gasteiger partial charge on any atom is 0.282 e. The smallest absolute Gasteiger partial charge is 0.282 e. The standard InChI is InChI=1S/C13H14N6O2/c1-2-9(20)7-3-5-8(6-4-7)18-19-10-11(14)16-13(15)17-12(10)21/h3-6H,2H2,1H3,(H5,14,15,16,17,21). The van der Waals surface area contributed by atoms with Gasteiger partial charge in [-0.1, -0.05) is 6.92 Å². The molecule has 0 spiro atoms. The number of nitrogens with zero attached hydrogens (tertiary/aromatic N) is 3. The Morgan fingerprint density at radius 2 is 1.90 bits per heavy atom. The van der Waals surface area contributed by atoms with E-state index in [9.17, 15) is 9.59 Å². The molecule has 2 aromatic rings. The van der Waals surface area contributed by atoms with Crippen molar-refractivity contribution in [3.05, 3.63) is 40.2 Å². The van der Waals surface area contributed by atoms with Crippen LogP contribution in [-0.2, 0) is 0 Å². The van der Waals surface area contributed by atoms with Crippen molar-refractivity contribution in [2.24, 2.45) is 10.2 Å². The van der Waals surface area contributed by atoms with Crippen molar-refractivity contribution in [3.8, 4) is 0 Å². The molecule has 0 aliphatic carbocycles. The lowest BCUT2D eigenvalue weighted by molar-refractivity contribution is 0.0988. The van der Waals surface area contributed by atoms with Crippen molar-refractivity contribution < 1.29 is 4.79 Å². The van der Waals surface area contributed by atoms with E-state index in [2.05, 4.69) is 20.2 Å². The van der Waals surface area contributed by atoms with Crippen LogP contribution < -0.4 is 17.0 Å². The number of benzene rings is 1. The van der Waals surface area contributed by atoms with E-state index in [0.717, 1.165) is 0 Å². The topological polar surface area (TPSA) is 140 Å². The van der Waals surface area contributed by atoms with Gasteiger partial charge in [-0.15, -0.1) is 5.11 Å². The molecule has 1 heterocycles. The van der Waals surface area contributed by atoms with Gasteiger partial charge in [0.25, 0.3) is 5.56 Å². The van der Waals surface area contributed by atoms with Crippen molar-refractivity contribution >= 4 is 28.9 Å². The summed E-state index contributed by atoms with van der Waals surface area (Å²) in [6, 6.07) is 6.55. The van der Waals surface area contributed by atoms with Crippen molar-refractivity contribution in [1.82, 2.24) is 9.97 Å². The minimum absolute atomic E-state index is 0.0434. The van der Waals surface area contributed by atoms with Crippen LogP contribution in [0.3, 0.4) is 0 Å². The highest BCUT2D eigenvalue weighted by molar-refractivity contribution is 5.96. The van der Waals surface area contributed by atoms with E-state index >= 15 is 0 Å². The fraction of sp³-hybridized carbons (Fsp3) is 0.154. The summed E-state index contributed by atoms with van der Waals surface area (Å²) in [7, 11) is 0. The molecule has 0 bridgehead atoms. The van der Waals surface area contributed by atoms with Gasteiger partial charge in [0.1, 0.15) is 0 Å². The molecule has 0 aliphatic rings. The lowest BCUT2D eigenvalue weighted by Gasteiger charge is -1.99. The van der Waals surface area contributed by atoms with Crippen LogP contribution in [0.5, 0.6) is 0 Å². The molecule has 0 fully saturated rings. The molecule has 0 aliphatic heterocycles. The fourth-order valence-corrected chi connectivity index (χ4v) is 1.62. The van der Waals surface area contributed by atoms with Crippen LogP contribution in [0.2, 0.25) is 0 Å². The highest BCUT2D eigenvalue weighted by Crippen LogP contribution is 2.20.